The van der Waals surface area contributed by atoms with Crippen LogP contribution in [-0.4, -0.2) is 0 Å². The van der Waals surface area contributed by atoms with Crippen molar-refractivity contribution in [1.29, 1.82) is 0 Å². The minimum absolute atomic E-state index is 0.109. The van der Waals surface area contributed by atoms with Gasteiger partial charge in [-0.25, -0.2) is 0 Å². The van der Waals surface area contributed by atoms with E-state index in [1.54, 1.807) is 19.1 Å². The van der Waals surface area contributed by atoms with Crippen LogP contribution >= 0.6 is 0 Å². The molecule has 0 unspecified atom stereocenters. The van der Waals surface area contributed by atoms with E-state index in [4.69, 9.17) is 0 Å². The van der Waals surface area contributed by atoms with E-state index in [1.165, 1.54) is 6.07 Å². The molecule has 16 heavy (non-hydrogen) atoms. The molecule has 1 aliphatic rings. The average Bonchev–Trinajstić information content (AvgIpc) is 2.69. The Morgan fingerprint density at radius 2 is 1.75 bits per heavy atom. The van der Waals surface area contributed by atoms with Gasteiger partial charge in [0.2, 0.25) is 0 Å². The Morgan fingerprint density at radius 1 is 1.12 bits per heavy atom. The van der Waals surface area contributed by atoms with Crippen molar-refractivity contribution in [1.82, 2.24) is 0 Å². The molecule has 0 heterocycles. The molecule has 0 spiro atoms. The average molecular weight is 228 g/mol. The summed E-state index contributed by atoms with van der Waals surface area (Å²) in [7, 11) is 0. The van der Waals surface area contributed by atoms with Gasteiger partial charge < -0.3 is 0 Å². The molecule has 1 aromatic carbocycles. The molecule has 0 N–H and O–H groups in total. The maximum atomic E-state index is 12.9. The fourth-order valence-electron chi connectivity index (χ4n) is 2.51. The molecule has 0 saturated heterocycles. The fourth-order valence-corrected chi connectivity index (χ4v) is 2.51. The maximum Gasteiger partial charge on any atom is 0.416 e. The molecule has 0 atom stereocenters. The first-order valence-corrected chi connectivity index (χ1v) is 5.66. The molecule has 0 aliphatic heterocycles. The largest absolute Gasteiger partial charge is 0.416 e. The van der Waals surface area contributed by atoms with Gasteiger partial charge in [-0.05, 0) is 37.3 Å². The summed E-state index contributed by atoms with van der Waals surface area (Å²) in [6.45, 7) is 1.70. The first-order valence-electron chi connectivity index (χ1n) is 5.66. The number of rotatable bonds is 1. The number of hydrogen-bond acceptors (Lipinski definition) is 0. The normalized spacial score (nSPS) is 18.0. The summed E-state index contributed by atoms with van der Waals surface area (Å²) in [5, 5.41) is 0. The highest BCUT2D eigenvalue weighted by Gasteiger charge is 2.35. The van der Waals surface area contributed by atoms with E-state index >= 15 is 0 Å². The maximum absolute atomic E-state index is 12.9. The van der Waals surface area contributed by atoms with Crippen LogP contribution in [0, 0.1) is 6.92 Å². The number of aryl methyl sites for hydroxylation is 1. The van der Waals surface area contributed by atoms with Gasteiger partial charge in [0.1, 0.15) is 0 Å². The van der Waals surface area contributed by atoms with Gasteiger partial charge in [0.15, 0.2) is 0 Å². The lowest BCUT2D eigenvalue weighted by molar-refractivity contribution is -0.138. The van der Waals surface area contributed by atoms with Crippen LogP contribution in [0.25, 0.3) is 0 Å². The summed E-state index contributed by atoms with van der Waals surface area (Å²) < 4.78 is 38.6. The lowest BCUT2D eigenvalue weighted by Crippen LogP contribution is -2.11. The van der Waals surface area contributed by atoms with Crippen molar-refractivity contribution in [3.63, 3.8) is 0 Å². The third-order valence-corrected chi connectivity index (χ3v) is 3.31. The summed E-state index contributed by atoms with van der Waals surface area (Å²) in [5.74, 6) is 0.109. The second kappa shape index (κ2) is 4.11. The molecular weight excluding hydrogens is 213 g/mol. The van der Waals surface area contributed by atoms with Gasteiger partial charge >= 0.3 is 6.18 Å². The van der Waals surface area contributed by atoms with Crippen LogP contribution in [0.4, 0.5) is 13.2 Å². The predicted molar refractivity (Wildman–Crippen MR) is 57.4 cm³/mol. The third kappa shape index (κ3) is 2.23. The zero-order chi connectivity index (χ0) is 11.8. The Kier molecular flexibility index (Phi) is 2.96. The van der Waals surface area contributed by atoms with Crippen molar-refractivity contribution in [2.24, 2.45) is 0 Å². The van der Waals surface area contributed by atoms with Crippen LogP contribution in [-0.2, 0) is 6.18 Å². The second-order valence-corrected chi connectivity index (χ2v) is 4.57. The van der Waals surface area contributed by atoms with Crippen LogP contribution in [0.15, 0.2) is 18.2 Å². The molecule has 1 aromatic rings. The zero-order valence-corrected chi connectivity index (χ0v) is 9.27. The van der Waals surface area contributed by atoms with Crippen molar-refractivity contribution in [3.05, 3.63) is 34.9 Å². The standard InChI is InChI=1S/C13H15F3/c1-9-6-7-11(10-4-2-3-5-10)12(8-9)13(14,15)16/h6-8,10H,2-5H2,1H3. The summed E-state index contributed by atoms with van der Waals surface area (Å²) in [6, 6.07) is 4.71. The summed E-state index contributed by atoms with van der Waals surface area (Å²) in [5.41, 5.74) is 0.740. The Labute approximate surface area is 93.5 Å². The highest BCUT2D eigenvalue weighted by molar-refractivity contribution is 5.36. The van der Waals surface area contributed by atoms with Crippen LogP contribution in [0.2, 0.25) is 0 Å². The van der Waals surface area contributed by atoms with E-state index < -0.39 is 11.7 Å². The molecule has 1 fully saturated rings. The van der Waals surface area contributed by atoms with Crippen molar-refractivity contribution in [2.45, 2.75) is 44.7 Å². The first-order chi connectivity index (χ1) is 7.48. The van der Waals surface area contributed by atoms with Gasteiger partial charge in [-0.3, -0.25) is 0 Å². The van der Waals surface area contributed by atoms with E-state index in [0.717, 1.165) is 25.7 Å². The van der Waals surface area contributed by atoms with E-state index in [2.05, 4.69) is 0 Å². The number of alkyl halides is 3. The fraction of sp³-hybridized carbons (Fsp3) is 0.538. The highest BCUT2D eigenvalue weighted by atomic mass is 19.4. The molecular formula is C13H15F3. The smallest absolute Gasteiger partial charge is 0.166 e. The van der Waals surface area contributed by atoms with Gasteiger partial charge in [0.05, 0.1) is 5.56 Å². The van der Waals surface area contributed by atoms with E-state index in [0.29, 0.717) is 11.1 Å². The van der Waals surface area contributed by atoms with Crippen LogP contribution in [0.1, 0.15) is 48.3 Å². The SMILES string of the molecule is Cc1ccc(C2CCCC2)c(C(F)(F)F)c1. The van der Waals surface area contributed by atoms with Gasteiger partial charge in [-0.1, -0.05) is 30.5 Å². The number of hydrogen-bond donors (Lipinski definition) is 0. The Balaban J connectivity index is 2.43. The van der Waals surface area contributed by atoms with Crippen molar-refractivity contribution in [2.75, 3.05) is 0 Å². The monoisotopic (exact) mass is 228 g/mol. The first kappa shape index (κ1) is 11.5. The van der Waals surface area contributed by atoms with Crippen molar-refractivity contribution >= 4 is 0 Å². The molecule has 0 aromatic heterocycles. The summed E-state index contributed by atoms with van der Waals surface area (Å²) in [6.07, 6.45) is -0.325. The molecule has 0 radical (unpaired) electrons. The summed E-state index contributed by atoms with van der Waals surface area (Å²) >= 11 is 0. The Bertz CT molecular complexity index is 373. The quantitative estimate of drug-likeness (QED) is 0.655. The lowest BCUT2D eigenvalue weighted by Gasteiger charge is -2.18. The second-order valence-electron chi connectivity index (χ2n) is 4.57. The topological polar surface area (TPSA) is 0 Å². The van der Waals surface area contributed by atoms with E-state index in [-0.39, 0.29) is 5.92 Å². The molecule has 0 nitrogen and oxygen atoms in total. The third-order valence-electron chi connectivity index (χ3n) is 3.31. The van der Waals surface area contributed by atoms with E-state index in [1.807, 2.05) is 0 Å². The van der Waals surface area contributed by atoms with Gasteiger partial charge in [-0.2, -0.15) is 13.2 Å². The van der Waals surface area contributed by atoms with Gasteiger partial charge in [0.25, 0.3) is 0 Å². The summed E-state index contributed by atoms with van der Waals surface area (Å²) in [4.78, 5) is 0. The molecule has 2 rings (SSSR count). The number of halogens is 3. The van der Waals surface area contributed by atoms with Gasteiger partial charge in [0, 0.05) is 0 Å². The van der Waals surface area contributed by atoms with Crippen LogP contribution in [0.5, 0.6) is 0 Å². The minimum Gasteiger partial charge on any atom is -0.166 e. The Hall–Kier alpha value is -0.990. The van der Waals surface area contributed by atoms with E-state index in [9.17, 15) is 13.2 Å². The van der Waals surface area contributed by atoms with Crippen LogP contribution in [0.3, 0.4) is 0 Å². The number of benzene rings is 1. The molecule has 0 amide bonds. The molecule has 1 saturated carbocycles. The molecule has 1 aliphatic carbocycles. The van der Waals surface area contributed by atoms with Gasteiger partial charge in [-0.15, -0.1) is 0 Å². The Morgan fingerprint density at radius 3 is 2.31 bits per heavy atom. The van der Waals surface area contributed by atoms with Crippen molar-refractivity contribution in [3.8, 4) is 0 Å². The highest BCUT2D eigenvalue weighted by Crippen LogP contribution is 2.41. The molecule has 0 bridgehead atoms. The minimum atomic E-state index is -4.22. The molecule has 88 valence electrons. The lowest BCUT2D eigenvalue weighted by atomic mass is 9.91. The zero-order valence-electron chi connectivity index (χ0n) is 9.27. The predicted octanol–water partition coefficient (Wildman–Crippen LogP) is 4.67. The van der Waals surface area contributed by atoms with Crippen molar-refractivity contribution < 1.29 is 13.2 Å². The molecule has 3 heteroatoms. The van der Waals surface area contributed by atoms with Crippen LogP contribution < -0.4 is 0 Å².